The molecule has 2 rings (SSSR count). The highest BCUT2D eigenvalue weighted by Crippen LogP contribution is 2.33. The summed E-state index contributed by atoms with van der Waals surface area (Å²) < 4.78 is 0. The summed E-state index contributed by atoms with van der Waals surface area (Å²) in [5.41, 5.74) is 5.65. The Morgan fingerprint density at radius 1 is 1.39 bits per heavy atom. The van der Waals surface area contributed by atoms with E-state index in [1.165, 1.54) is 0 Å². The van der Waals surface area contributed by atoms with Crippen molar-refractivity contribution in [1.29, 1.82) is 0 Å². The van der Waals surface area contributed by atoms with Crippen molar-refractivity contribution in [3.05, 3.63) is 34.9 Å². The molecule has 0 bridgehead atoms. The Labute approximate surface area is 110 Å². The molecule has 96 valence electrons. The van der Waals surface area contributed by atoms with Gasteiger partial charge in [-0.25, -0.2) is 0 Å². The van der Waals surface area contributed by atoms with Crippen LogP contribution in [-0.2, 0) is 4.79 Å². The van der Waals surface area contributed by atoms with Crippen molar-refractivity contribution < 1.29 is 9.59 Å². The fraction of sp³-hybridized carbons (Fsp3) is 0.385. The van der Waals surface area contributed by atoms with Crippen LogP contribution in [0.1, 0.15) is 29.6 Å². The molecule has 0 unspecified atom stereocenters. The molecule has 1 aliphatic carbocycles. The molecule has 0 radical (unpaired) electrons. The van der Waals surface area contributed by atoms with E-state index in [-0.39, 0.29) is 5.91 Å². The topological polar surface area (TPSA) is 72.2 Å². The van der Waals surface area contributed by atoms with Crippen molar-refractivity contribution in [2.45, 2.75) is 25.3 Å². The number of carbonyl (C=O) groups excluding carboxylic acids is 2. The molecule has 18 heavy (non-hydrogen) atoms. The maximum Gasteiger partial charge on any atom is 0.253 e. The van der Waals surface area contributed by atoms with Crippen molar-refractivity contribution in [1.82, 2.24) is 5.32 Å². The summed E-state index contributed by atoms with van der Waals surface area (Å²) >= 11 is 5.92. The third-order valence-corrected chi connectivity index (χ3v) is 3.36. The lowest BCUT2D eigenvalue weighted by molar-refractivity contribution is -0.120. The van der Waals surface area contributed by atoms with Crippen LogP contribution >= 0.6 is 11.6 Å². The number of benzene rings is 1. The first-order chi connectivity index (χ1) is 8.58. The minimum Gasteiger partial charge on any atom is -0.368 e. The van der Waals surface area contributed by atoms with Gasteiger partial charge in [0.1, 0.15) is 6.04 Å². The summed E-state index contributed by atoms with van der Waals surface area (Å²) in [7, 11) is 0. The smallest absolute Gasteiger partial charge is 0.253 e. The summed E-state index contributed by atoms with van der Waals surface area (Å²) in [5, 5.41) is 3.01. The van der Waals surface area contributed by atoms with Crippen LogP contribution in [0.25, 0.3) is 0 Å². The molecule has 0 spiro atoms. The van der Waals surface area contributed by atoms with Crippen LogP contribution in [0.3, 0.4) is 0 Å². The number of hydrogen-bond donors (Lipinski definition) is 2. The lowest BCUT2D eigenvalue weighted by atomic mass is 10.1. The lowest BCUT2D eigenvalue weighted by Gasteiger charge is -2.15. The van der Waals surface area contributed by atoms with Gasteiger partial charge in [0, 0.05) is 0 Å². The number of nitrogens with two attached hydrogens (primary N) is 1. The van der Waals surface area contributed by atoms with Gasteiger partial charge in [-0.2, -0.15) is 0 Å². The average Bonchev–Trinajstić information content (AvgIpc) is 3.12. The van der Waals surface area contributed by atoms with E-state index in [4.69, 9.17) is 17.3 Å². The second-order valence-electron chi connectivity index (χ2n) is 4.59. The number of nitrogens with one attached hydrogen (secondary N) is 1. The summed E-state index contributed by atoms with van der Waals surface area (Å²) in [6.07, 6.45) is 2.82. The van der Waals surface area contributed by atoms with Gasteiger partial charge >= 0.3 is 0 Å². The van der Waals surface area contributed by atoms with Gasteiger partial charge in [-0.05, 0) is 24.5 Å². The molecular formula is C13H15ClN2O2. The molecular weight excluding hydrogens is 252 g/mol. The molecule has 0 aromatic heterocycles. The molecule has 1 aromatic rings. The van der Waals surface area contributed by atoms with E-state index >= 15 is 0 Å². The number of hydrogen-bond acceptors (Lipinski definition) is 2. The summed E-state index contributed by atoms with van der Waals surface area (Å²) in [5.74, 6) is -0.346. The van der Waals surface area contributed by atoms with Crippen molar-refractivity contribution in [2.75, 3.05) is 0 Å². The Morgan fingerprint density at radius 3 is 2.61 bits per heavy atom. The highest BCUT2D eigenvalue weighted by atomic mass is 35.5. The van der Waals surface area contributed by atoms with Crippen LogP contribution in [0.2, 0.25) is 5.02 Å². The van der Waals surface area contributed by atoms with Gasteiger partial charge in [0.15, 0.2) is 0 Å². The molecule has 5 heteroatoms. The van der Waals surface area contributed by atoms with Crippen LogP contribution in [0.5, 0.6) is 0 Å². The minimum absolute atomic E-state index is 0.356. The van der Waals surface area contributed by atoms with Crippen molar-refractivity contribution in [2.24, 2.45) is 11.7 Å². The first-order valence-electron chi connectivity index (χ1n) is 5.92. The highest BCUT2D eigenvalue weighted by molar-refractivity contribution is 6.33. The molecule has 1 aromatic carbocycles. The SMILES string of the molecule is NC(=O)[C@@H](CC1CC1)NC(=O)c1ccccc1Cl. The predicted molar refractivity (Wildman–Crippen MR) is 69.2 cm³/mol. The molecule has 0 heterocycles. The number of halogens is 1. The largest absolute Gasteiger partial charge is 0.368 e. The first kappa shape index (κ1) is 12.9. The van der Waals surface area contributed by atoms with E-state index in [1.54, 1.807) is 24.3 Å². The minimum atomic E-state index is -0.610. The Kier molecular flexibility index (Phi) is 3.87. The second-order valence-corrected chi connectivity index (χ2v) is 4.99. The van der Waals surface area contributed by atoms with Gasteiger partial charge in [0.05, 0.1) is 10.6 Å². The molecule has 4 nitrogen and oxygen atoms in total. The van der Waals surface area contributed by atoms with E-state index in [9.17, 15) is 9.59 Å². The van der Waals surface area contributed by atoms with Crippen molar-refractivity contribution in [3.63, 3.8) is 0 Å². The molecule has 0 saturated heterocycles. The average molecular weight is 267 g/mol. The Bertz CT molecular complexity index is 472. The fourth-order valence-corrected chi connectivity index (χ4v) is 2.04. The monoisotopic (exact) mass is 266 g/mol. The van der Waals surface area contributed by atoms with Crippen LogP contribution in [0.4, 0.5) is 0 Å². The van der Waals surface area contributed by atoms with E-state index in [0.29, 0.717) is 22.9 Å². The highest BCUT2D eigenvalue weighted by Gasteiger charge is 2.29. The van der Waals surface area contributed by atoms with Crippen LogP contribution < -0.4 is 11.1 Å². The van der Waals surface area contributed by atoms with Crippen LogP contribution in [0.15, 0.2) is 24.3 Å². The zero-order chi connectivity index (χ0) is 13.1. The zero-order valence-corrected chi connectivity index (χ0v) is 10.6. The molecule has 1 fully saturated rings. The Morgan fingerprint density at radius 2 is 2.06 bits per heavy atom. The molecule has 1 saturated carbocycles. The molecule has 3 N–H and O–H groups in total. The molecule has 1 atom stereocenters. The standard InChI is InChI=1S/C13H15ClN2O2/c14-10-4-2-1-3-9(10)13(18)16-11(12(15)17)7-8-5-6-8/h1-4,8,11H,5-7H2,(H2,15,17)(H,16,18)/t11-/m1/s1. The van der Waals surface area contributed by atoms with Crippen LogP contribution in [-0.4, -0.2) is 17.9 Å². The number of amides is 2. The van der Waals surface area contributed by atoms with Gasteiger partial charge in [-0.15, -0.1) is 0 Å². The maximum absolute atomic E-state index is 12.0. The second kappa shape index (κ2) is 5.40. The summed E-state index contributed by atoms with van der Waals surface area (Å²) in [6.45, 7) is 0. The Balaban J connectivity index is 2.04. The van der Waals surface area contributed by atoms with E-state index in [1.807, 2.05) is 0 Å². The molecule has 0 aliphatic heterocycles. The van der Waals surface area contributed by atoms with E-state index in [2.05, 4.69) is 5.32 Å². The lowest BCUT2D eigenvalue weighted by Crippen LogP contribution is -2.44. The number of primary amides is 1. The van der Waals surface area contributed by atoms with Gasteiger partial charge < -0.3 is 11.1 Å². The van der Waals surface area contributed by atoms with E-state index < -0.39 is 11.9 Å². The first-order valence-corrected chi connectivity index (χ1v) is 6.30. The normalized spacial score (nSPS) is 16.1. The Hall–Kier alpha value is -1.55. The zero-order valence-electron chi connectivity index (χ0n) is 9.86. The van der Waals surface area contributed by atoms with Crippen molar-refractivity contribution >= 4 is 23.4 Å². The summed E-state index contributed by atoms with van der Waals surface area (Å²) in [6, 6.07) is 6.11. The van der Waals surface area contributed by atoms with Crippen LogP contribution in [0, 0.1) is 5.92 Å². The molecule has 1 aliphatic rings. The quantitative estimate of drug-likeness (QED) is 0.852. The summed E-state index contributed by atoms with van der Waals surface area (Å²) in [4.78, 5) is 23.3. The van der Waals surface area contributed by atoms with Crippen molar-refractivity contribution in [3.8, 4) is 0 Å². The predicted octanol–water partition coefficient (Wildman–Crippen LogP) is 1.72. The number of rotatable bonds is 5. The van der Waals surface area contributed by atoms with Gasteiger partial charge in [-0.1, -0.05) is 36.6 Å². The van der Waals surface area contributed by atoms with Gasteiger partial charge in [0.25, 0.3) is 5.91 Å². The fourth-order valence-electron chi connectivity index (χ4n) is 1.81. The maximum atomic E-state index is 12.0. The van der Waals surface area contributed by atoms with E-state index in [0.717, 1.165) is 12.8 Å². The number of carbonyl (C=O) groups is 2. The molecule has 2 amide bonds. The third-order valence-electron chi connectivity index (χ3n) is 3.03. The third kappa shape index (κ3) is 3.23. The van der Waals surface area contributed by atoms with Gasteiger partial charge in [0.2, 0.25) is 5.91 Å². The van der Waals surface area contributed by atoms with Gasteiger partial charge in [-0.3, -0.25) is 9.59 Å².